The molecule has 1 N–H and O–H groups in total. The smallest absolute Gasteiger partial charge is 0.310 e. The maximum absolute atomic E-state index is 13.2. The first-order valence-electron chi connectivity index (χ1n) is 4.88. The molecule has 0 saturated heterocycles. The second-order valence-electron chi connectivity index (χ2n) is 3.49. The molecule has 1 heterocycles. The van der Waals surface area contributed by atoms with Gasteiger partial charge >= 0.3 is 5.91 Å². The molecule has 0 aliphatic carbocycles. The van der Waals surface area contributed by atoms with Crippen molar-refractivity contribution in [3.63, 3.8) is 0 Å². The Labute approximate surface area is 106 Å². The van der Waals surface area contributed by atoms with Gasteiger partial charge in [0.15, 0.2) is 11.2 Å². The van der Waals surface area contributed by atoms with E-state index in [9.17, 15) is 9.18 Å². The second kappa shape index (κ2) is 4.85. The van der Waals surface area contributed by atoms with E-state index in [1.807, 2.05) is 18.2 Å². The van der Waals surface area contributed by atoms with Gasteiger partial charge in [0.25, 0.3) is 4.88 Å². The van der Waals surface area contributed by atoms with E-state index < -0.39 is 16.3 Å². The number of aryl methyl sites for hydroxylation is 1. The first-order valence-corrected chi connectivity index (χ1v) is 6.95. The molecule has 0 saturated carbocycles. The molecule has 1 unspecified atom stereocenters. The summed E-state index contributed by atoms with van der Waals surface area (Å²) in [7, 11) is -0.576. The lowest BCUT2D eigenvalue weighted by Gasteiger charge is -2.01. The highest BCUT2D eigenvalue weighted by molar-refractivity contribution is 7.30. The lowest BCUT2D eigenvalue weighted by Crippen LogP contribution is -2.11. The van der Waals surface area contributed by atoms with Crippen LogP contribution < -0.4 is 5.32 Å². The summed E-state index contributed by atoms with van der Waals surface area (Å²) < 4.78 is 13.2. The fourth-order valence-electron chi connectivity index (χ4n) is 1.47. The van der Waals surface area contributed by atoms with Crippen molar-refractivity contribution in [3.8, 4) is 0 Å². The Balaban J connectivity index is 2.27. The predicted molar refractivity (Wildman–Crippen MR) is 69.3 cm³/mol. The number of thiophene rings is 1. The van der Waals surface area contributed by atoms with Gasteiger partial charge in [-0.15, -0.1) is 0 Å². The molecule has 1 amide bonds. The summed E-state index contributed by atoms with van der Waals surface area (Å²) in [6, 6.07) is 9.00. The van der Waals surface area contributed by atoms with Crippen molar-refractivity contribution >= 4 is 33.7 Å². The zero-order valence-corrected chi connectivity index (χ0v) is 10.6. The molecular formula is C12H10ClFNOS+. The minimum absolute atomic E-state index is 0.0794. The number of hydrogen-bond donors (Lipinski definition) is 1. The van der Waals surface area contributed by atoms with Crippen LogP contribution >= 0.6 is 22.1 Å². The van der Waals surface area contributed by atoms with Gasteiger partial charge in [-0.1, -0.05) is 29.8 Å². The van der Waals surface area contributed by atoms with Crippen molar-refractivity contribution in [3.05, 3.63) is 51.4 Å². The molecule has 1 aromatic heterocycles. The van der Waals surface area contributed by atoms with E-state index in [4.69, 9.17) is 11.6 Å². The summed E-state index contributed by atoms with van der Waals surface area (Å²) in [6.45, 7) is 0. The number of carbonyl (C=O) groups excluding carboxylic acids is 1. The number of anilines is 1. The zero-order valence-electron chi connectivity index (χ0n) is 9.04. The summed E-state index contributed by atoms with van der Waals surface area (Å²) in [5, 5.41) is 3.97. The standard InChI is InChI=1S/C12H9ClFNOS/c1-17-7-9(14)10(13)11(17)12(16)15-8-5-3-2-4-6-8/h2-7H,1H3/p+1. The highest BCUT2D eigenvalue weighted by atomic mass is 35.5. The number of rotatable bonds is 2. The number of carbonyl (C=O) groups is 1. The van der Waals surface area contributed by atoms with Crippen LogP contribution in [0.3, 0.4) is 0 Å². The van der Waals surface area contributed by atoms with Gasteiger partial charge in [0.2, 0.25) is 0 Å². The Bertz CT molecular complexity index is 553. The number of nitrogens with one attached hydrogen (secondary N) is 1. The minimum Gasteiger partial charge on any atom is -0.318 e. The average Bonchev–Trinajstić information content (AvgIpc) is 2.54. The quantitative estimate of drug-likeness (QED) is 0.821. The van der Waals surface area contributed by atoms with Crippen LogP contribution in [0, 0.1) is 5.82 Å². The number of amides is 1. The van der Waals surface area contributed by atoms with Crippen LogP contribution in [-0.2, 0) is 6.26 Å². The van der Waals surface area contributed by atoms with Gasteiger partial charge in [0, 0.05) is 5.69 Å². The molecule has 17 heavy (non-hydrogen) atoms. The van der Waals surface area contributed by atoms with Crippen LogP contribution in [0.15, 0.2) is 35.7 Å². The van der Waals surface area contributed by atoms with Crippen LogP contribution in [0.5, 0.6) is 0 Å². The van der Waals surface area contributed by atoms with Gasteiger partial charge in [0.05, 0.1) is 0 Å². The van der Waals surface area contributed by atoms with Crippen LogP contribution in [-0.4, -0.2) is 5.91 Å². The average molecular weight is 271 g/mol. The van der Waals surface area contributed by atoms with E-state index in [2.05, 4.69) is 5.32 Å². The lowest BCUT2D eigenvalue weighted by atomic mass is 10.3. The molecule has 0 aliphatic rings. The molecule has 1 atom stereocenters. The van der Waals surface area contributed by atoms with E-state index in [0.29, 0.717) is 10.6 Å². The largest absolute Gasteiger partial charge is 0.318 e. The molecular weight excluding hydrogens is 261 g/mol. The lowest BCUT2D eigenvalue weighted by molar-refractivity contribution is 0.103. The van der Waals surface area contributed by atoms with Crippen molar-refractivity contribution in [1.29, 1.82) is 0 Å². The maximum atomic E-state index is 13.2. The summed E-state index contributed by atoms with van der Waals surface area (Å²) in [5.41, 5.74) is 0.666. The van der Waals surface area contributed by atoms with E-state index in [0.717, 1.165) is 0 Å². The molecule has 2 aromatic rings. The normalized spacial score (nSPS) is 11.4. The zero-order chi connectivity index (χ0) is 12.4. The molecule has 2 nitrogen and oxygen atoms in total. The molecule has 2 rings (SSSR count). The van der Waals surface area contributed by atoms with E-state index in [1.54, 1.807) is 18.4 Å². The van der Waals surface area contributed by atoms with Crippen molar-refractivity contribution in [1.82, 2.24) is 0 Å². The van der Waals surface area contributed by atoms with Crippen LogP contribution in [0.2, 0.25) is 5.02 Å². The number of benzene rings is 1. The predicted octanol–water partition coefficient (Wildman–Crippen LogP) is 4.02. The Morgan fingerprint density at radius 2 is 2.00 bits per heavy atom. The van der Waals surface area contributed by atoms with Gasteiger partial charge in [-0.25, -0.2) is 0 Å². The number of para-hydroxylation sites is 1. The Morgan fingerprint density at radius 1 is 1.35 bits per heavy atom. The third kappa shape index (κ3) is 2.48. The monoisotopic (exact) mass is 270 g/mol. The molecule has 5 heteroatoms. The first-order chi connectivity index (χ1) is 8.09. The van der Waals surface area contributed by atoms with Gasteiger partial charge < -0.3 is 5.32 Å². The number of hydrogen-bond acceptors (Lipinski definition) is 1. The molecule has 88 valence electrons. The molecule has 0 fully saturated rings. The molecule has 0 aliphatic heterocycles. The molecule has 0 bridgehead atoms. The highest BCUT2D eigenvalue weighted by Gasteiger charge is 2.28. The van der Waals surface area contributed by atoms with Gasteiger partial charge in [0.1, 0.15) is 11.3 Å². The van der Waals surface area contributed by atoms with Crippen molar-refractivity contribution in [2.24, 2.45) is 6.26 Å². The van der Waals surface area contributed by atoms with Gasteiger partial charge in [-0.2, -0.15) is 4.39 Å². The summed E-state index contributed by atoms with van der Waals surface area (Å²) in [6.07, 6.45) is 1.76. The molecule has 1 aromatic carbocycles. The summed E-state index contributed by atoms with van der Waals surface area (Å²) in [5.74, 6) is -0.869. The Morgan fingerprint density at radius 3 is 2.53 bits per heavy atom. The molecule has 0 radical (unpaired) electrons. The highest BCUT2D eigenvalue weighted by Crippen LogP contribution is 2.33. The fourth-order valence-corrected chi connectivity index (χ4v) is 3.31. The van der Waals surface area contributed by atoms with Crippen molar-refractivity contribution in [2.75, 3.05) is 5.32 Å². The van der Waals surface area contributed by atoms with Crippen LogP contribution in [0.25, 0.3) is 0 Å². The van der Waals surface area contributed by atoms with Gasteiger partial charge in [-0.3, -0.25) is 4.79 Å². The summed E-state index contributed by atoms with van der Waals surface area (Å²) in [4.78, 5) is 12.2. The van der Waals surface area contributed by atoms with Crippen LogP contribution in [0.4, 0.5) is 10.1 Å². The first kappa shape index (κ1) is 12.1. The maximum Gasteiger partial charge on any atom is 0.310 e. The Kier molecular flexibility index (Phi) is 3.45. The molecule has 0 spiro atoms. The number of halogens is 2. The van der Waals surface area contributed by atoms with E-state index in [1.165, 1.54) is 5.38 Å². The SMILES string of the molecule is C[s+]1cc(F)c(Cl)c1C(=O)Nc1ccccc1. The second-order valence-corrected chi connectivity index (χ2v) is 5.62. The van der Waals surface area contributed by atoms with E-state index in [-0.39, 0.29) is 10.9 Å². The van der Waals surface area contributed by atoms with Gasteiger partial charge in [-0.05, 0) is 22.6 Å². The third-order valence-corrected chi connectivity index (χ3v) is 4.32. The Hall–Kier alpha value is -1.39. The topological polar surface area (TPSA) is 29.1 Å². The van der Waals surface area contributed by atoms with Crippen molar-refractivity contribution < 1.29 is 9.18 Å². The van der Waals surface area contributed by atoms with E-state index >= 15 is 0 Å². The minimum atomic E-state index is -0.576. The third-order valence-electron chi connectivity index (χ3n) is 2.25. The van der Waals surface area contributed by atoms with Crippen molar-refractivity contribution in [2.45, 2.75) is 0 Å². The fraction of sp³-hybridized carbons (Fsp3) is 0.0833. The summed E-state index contributed by atoms with van der Waals surface area (Å²) >= 11 is 5.77. The van der Waals surface area contributed by atoms with Crippen LogP contribution in [0.1, 0.15) is 9.67 Å².